The molecule has 1 spiro atoms. The van der Waals surface area contributed by atoms with Crippen LogP contribution in [-0.4, -0.2) is 48.4 Å². The van der Waals surface area contributed by atoms with Crippen molar-refractivity contribution in [1.82, 2.24) is 15.3 Å². The van der Waals surface area contributed by atoms with Gasteiger partial charge in [-0.05, 0) is 31.2 Å². The van der Waals surface area contributed by atoms with Gasteiger partial charge in [-0.1, -0.05) is 24.6 Å². The molecule has 2 aromatic carbocycles. The minimum Gasteiger partial charge on any atom is -0.494 e. The Kier molecular flexibility index (Phi) is 5.91. The molecule has 178 valence electrons. The summed E-state index contributed by atoms with van der Waals surface area (Å²) >= 11 is 5.93. The van der Waals surface area contributed by atoms with Gasteiger partial charge in [0.15, 0.2) is 5.82 Å². The molecule has 0 bridgehead atoms. The van der Waals surface area contributed by atoms with Crippen LogP contribution in [0, 0.1) is 11.7 Å². The molecule has 1 aromatic heterocycles. The number of carbonyl (C=O) groups excluding carboxylic acids is 1. The standard InChI is InChI=1S/C24H25ClFN5O3/c1-3-14-11-27-8-7-24(14)12-31(23(32)34-24)19-9-15-18(10-20(19)33-2)28-13-29-22(15)30-17-6-4-5-16(25)21(17)26/h4-6,9-10,13-14,27H,3,7-8,11-12H2,1-2H3,(H,28,29,30). The summed E-state index contributed by atoms with van der Waals surface area (Å²) in [6, 6.07) is 8.21. The molecule has 34 heavy (non-hydrogen) atoms. The maximum atomic E-state index is 14.5. The van der Waals surface area contributed by atoms with E-state index in [1.807, 2.05) is 0 Å². The number of aromatic nitrogens is 2. The molecule has 2 aliphatic heterocycles. The summed E-state index contributed by atoms with van der Waals surface area (Å²) in [5.41, 5.74) is 0.769. The van der Waals surface area contributed by atoms with Gasteiger partial charge in [0.05, 0.1) is 35.6 Å². The van der Waals surface area contributed by atoms with Crippen LogP contribution in [-0.2, 0) is 4.74 Å². The molecule has 3 heterocycles. The summed E-state index contributed by atoms with van der Waals surface area (Å²) in [5.74, 6) is 0.506. The van der Waals surface area contributed by atoms with Crippen molar-refractivity contribution in [2.75, 3.05) is 37.0 Å². The fourth-order valence-electron chi connectivity index (χ4n) is 4.88. The number of amides is 1. The molecule has 2 unspecified atom stereocenters. The number of ether oxygens (including phenoxy) is 2. The van der Waals surface area contributed by atoms with E-state index >= 15 is 0 Å². The smallest absolute Gasteiger partial charge is 0.415 e. The number of anilines is 3. The Morgan fingerprint density at radius 3 is 3.03 bits per heavy atom. The molecule has 0 saturated carbocycles. The van der Waals surface area contributed by atoms with Gasteiger partial charge in [0, 0.05) is 30.3 Å². The first kappa shape index (κ1) is 22.6. The largest absolute Gasteiger partial charge is 0.494 e. The van der Waals surface area contributed by atoms with Crippen LogP contribution in [0.15, 0.2) is 36.7 Å². The molecular formula is C24H25ClFN5O3. The third-order valence-electron chi connectivity index (χ3n) is 6.72. The minimum atomic E-state index is -0.578. The first-order valence-electron chi connectivity index (χ1n) is 11.2. The highest BCUT2D eigenvalue weighted by molar-refractivity contribution is 6.31. The zero-order chi connectivity index (χ0) is 23.9. The third kappa shape index (κ3) is 3.78. The number of nitrogens with zero attached hydrogens (tertiary/aromatic N) is 3. The van der Waals surface area contributed by atoms with Crippen LogP contribution in [0.25, 0.3) is 10.9 Å². The second-order valence-electron chi connectivity index (χ2n) is 8.57. The first-order chi connectivity index (χ1) is 16.5. The van der Waals surface area contributed by atoms with Crippen LogP contribution < -0.4 is 20.3 Å². The summed E-state index contributed by atoms with van der Waals surface area (Å²) < 4.78 is 26.1. The Balaban J connectivity index is 1.57. The molecule has 2 fully saturated rings. The second kappa shape index (κ2) is 8.88. The van der Waals surface area contributed by atoms with Gasteiger partial charge in [0.1, 0.15) is 23.5 Å². The molecule has 2 N–H and O–H groups in total. The minimum absolute atomic E-state index is 0.00304. The van der Waals surface area contributed by atoms with Crippen molar-refractivity contribution < 1.29 is 18.7 Å². The number of hydrogen-bond acceptors (Lipinski definition) is 7. The number of rotatable bonds is 5. The average Bonchev–Trinajstić information content (AvgIpc) is 3.17. The Morgan fingerprint density at radius 2 is 2.24 bits per heavy atom. The highest BCUT2D eigenvalue weighted by Crippen LogP contribution is 2.43. The predicted molar refractivity (Wildman–Crippen MR) is 129 cm³/mol. The summed E-state index contributed by atoms with van der Waals surface area (Å²) in [6.45, 7) is 4.13. The quantitative estimate of drug-likeness (QED) is 0.532. The maximum Gasteiger partial charge on any atom is 0.415 e. The van der Waals surface area contributed by atoms with Crippen LogP contribution in [0.5, 0.6) is 5.75 Å². The number of hydrogen-bond donors (Lipinski definition) is 2. The highest BCUT2D eigenvalue weighted by atomic mass is 35.5. The fourth-order valence-corrected chi connectivity index (χ4v) is 5.05. The van der Waals surface area contributed by atoms with E-state index in [1.54, 1.807) is 36.3 Å². The average molecular weight is 486 g/mol. The van der Waals surface area contributed by atoms with Gasteiger partial charge in [-0.2, -0.15) is 0 Å². The molecule has 1 amide bonds. The lowest BCUT2D eigenvalue weighted by Gasteiger charge is -2.39. The Labute approximate surface area is 201 Å². The third-order valence-corrected chi connectivity index (χ3v) is 7.01. The number of halogens is 2. The molecule has 2 aliphatic rings. The van der Waals surface area contributed by atoms with Gasteiger partial charge < -0.3 is 20.1 Å². The van der Waals surface area contributed by atoms with Gasteiger partial charge in [-0.15, -0.1) is 0 Å². The maximum absolute atomic E-state index is 14.5. The summed E-state index contributed by atoms with van der Waals surface area (Å²) in [7, 11) is 1.54. The molecule has 8 nitrogen and oxygen atoms in total. The molecule has 10 heteroatoms. The highest BCUT2D eigenvalue weighted by Gasteiger charge is 2.51. The van der Waals surface area contributed by atoms with Crippen LogP contribution in [0.2, 0.25) is 5.02 Å². The number of nitrogens with one attached hydrogen (secondary N) is 2. The lowest BCUT2D eigenvalue weighted by molar-refractivity contribution is -0.0162. The van der Waals surface area contributed by atoms with E-state index in [1.165, 1.54) is 12.4 Å². The van der Waals surface area contributed by atoms with Gasteiger partial charge in [-0.3, -0.25) is 4.90 Å². The van der Waals surface area contributed by atoms with E-state index in [0.29, 0.717) is 34.7 Å². The number of piperidine rings is 1. The predicted octanol–water partition coefficient (Wildman–Crippen LogP) is 4.89. The molecule has 2 atom stereocenters. The van der Waals surface area contributed by atoms with Crippen molar-refractivity contribution in [3.63, 3.8) is 0 Å². The topological polar surface area (TPSA) is 88.6 Å². The van der Waals surface area contributed by atoms with Crippen molar-refractivity contribution in [3.8, 4) is 5.75 Å². The van der Waals surface area contributed by atoms with Crippen LogP contribution in [0.3, 0.4) is 0 Å². The Hall–Kier alpha value is -3.17. The van der Waals surface area contributed by atoms with E-state index in [2.05, 4.69) is 27.5 Å². The van der Waals surface area contributed by atoms with E-state index in [9.17, 15) is 9.18 Å². The van der Waals surface area contributed by atoms with Crippen molar-refractivity contribution >= 4 is 45.8 Å². The SMILES string of the molecule is CCC1CNCCC12CN(c1cc3c(Nc4cccc(Cl)c4F)ncnc3cc1OC)C(=O)O2. The number of fused-ring (bicyclic) bond motifs is 1. The number of methoxy groups -OCH3 is 1. The van der Waals surface area contributed by atoms with Crippen LogP contribution in [0.4, 0.5) is 26.4 Å². The van der Waals surface area contributed by atoms with Gasteiger partial charge in [0.2, 0.25) is 0 Å². The summed E-state index contributed by atoms with van der Waals surface area (Å²) in [5, 5.41) is 7.00. The number of benzene rings is 2. The molecule has 5 rings (SSSR count). The Morgan fingerprint density at radius 1 is 1.38 bits per heavy atom. The first-order valence-corrected chi connectivity index (χ1v) is 11.6. The van der Waals surface area contributed by atoms with Crippen LogP contribution in [0.1, 0.15) is 19.8 Å². The molecular weight excluding hydrogens is 461 g/mol. The van der Waals surface area contributed by atoms with Crippen molar-refractivity contribution in [3.05, 3.63) is 47.5 Å². The van der Waals surface area contributed by atoms with Crippen LogP contribution >= 0.6 is 11.6 Å². The zero-order valence-electron chi connectivity index (χ0n) is 18.9. The van der Waals surface area contributed by atoms with E-state index in [0.717, 1.165) is 25.9 Å². The lowest BCUT2D eigenvalue weighted by Crippen LogP contribution is -2.52. The zero-order valence-corrected chi connectivity index (χ0v) is 19.7. The fraction of sp³-hybridized carbons (Fsp3) is 0.375. The molecule has 0 radical (unpaired) electrons. The molecule has 0 aliphatic carbocycles. The van der Waals surface area contributed by atoms with Gasteiger partial charge in [-0.25, -0.2) is 19.2 Å². The van der Waals surface area contributed by atoms with E-state index < -0.39 is 17.5 Å². The van der Waals surface area contributed by atoms with Crippen molar-refractivity contribution in [2.45, 2.75) is 25.4 Å². The summed E-state index contributed by atoms with van der Waals surface area (Å²) in [4.78, 5) is 23.3. The van der Waals surface area contributed by atoms with E-state index in [-0.39, 0.29) is 16.6 Å². The normalized spacial score (nSPS) is 22.3. The molecule has 2 saturated heterocycles. The van der Waals surface area contributed by atoms with Gasteiger partial charge >= 0.3 is 6.09 Å². The van der Waals surface area contributed by atoms with Gasteiger partial charge in [0.25, 0.3) is 0 Å². The molecule has 3 aromatic rings. The Bertz CT molecular complexity index is 1260. The van der Waals surface area contributed by atoms with Crippen molar-refractivity contribution in [1.29, 1.82) is 0 Å². The monoisotopic (exact) mass is 485 g/mol. The summed E-state index contributed by atoms with van der Waals surface area (Å²) in [6.07, 6.45) is 2.61. The van der Waals surface area contributed by atoms with Crippen molar-refractivity contribution in [2.24, 2.45) is 5.92 Å². The van der Waals surface area contributed by atoms with E-state index in [4.69, 9.17) is 21.1 Å². The lowest BCUT2D eigenvalue weighted by atomic mass is 9.80. The second-order valence-corrected chi connectivity index (χ2v) is 8.98. The number of carbonyl (C=O) groups is 1.